The minimum Gasteiger partial charge on any atom is -0.496 e. The van der Waals surface area contributed by atoms with Gasteiger partial charge < -0.3 is 14.7 Å². The van der Waals surface area contributed by atoms with E-state index in [0.29, 0.717) is 11.3 Å². The Morgan fingerprint density at radius 1 is 1.18 bits per heavy atom. The van der Waals surface area contributed by atoms with Gasteiger partial charge >= 0.3 is 5.97 Å². The third-order valence-corrected chi connectivity index (χ3v) is 4.13. The SMILES string of the molecule is COc1ccccc1C(C(=O)O)N1CCCc2ccccc21. The number of benzene rings is 2. The summed E-state index contributed by atoms with van der Waals surface area (Å²) in [6.07, 6.45) is 1.95. The predicted molar refractivity (Wildman–Crippen MR) is 85.5 cm³/mol. The number of ether oxygens (including phenoxy) is 1. The van der Waals surface area contributed by atoms with E-state index in [4.69, 9.17) is 4.74 Å². The molecule has 4 nitrogen and oxygen atoms in total. The summed E-state index contributed by atoms with van der Waals surface area (Å²) in [5.41, 5.74) is 2.90. The van der Waals surface area contributed by atoms with Gasteiger partial charge in [0, 0.05) is 17.8 Å². The zero-order valence-corrected chi connectivity index (χ0v) is 12.5. The summed E-state index contributed by atoms with van der Waals surface area (Å²) in [5.74, 6) is -0.251. The maximum Gasteiger partial charge on any atom is 0.331 e. The number of fused-ring (bicyclic) bond motifs is 1. The van der Waals surface area contributed by atoms with Gasteiger partial charge in [0.05, 0.1) is 7.11 Å². The van der Waals surface area contributed by atoms with E-state index in [1.807, 2.05) is 41.3 Å². The number of carboxylic acid groups (broad SMARTS) is 1. The number of anilines is 1. The van der Waals surface area contributed by atoms with Crippen LogP contribution in [0, 0.1) is 0 Å². The van der Waals surface area contributed by atoms with Crippen LogP contribution in [0.3, 0.4) is 0 Å². The predicted octanol–water partition coefficient (Wildman–Crippen LogP) is 3.27. The van der Waals surface area contributed by atoms with Crippen LogP contribution in [0.15, 0.2) is 48.5 Å². The summed E-state index contributed by atoms with van der Waals surface area (Å²) in [7, 11) is 1.57. The number of carbonyl (C=O) groups is 1. The Kier molecular flexibility index (Phi) is 4.00. The lowest BCUT2D eigenvalue weighted by Crippen LogP contribution is -2.38. The van der Waals surface area contributed by atoms with Gasteiger partial charge in [-0.2, -0.15) is 0 Å². The Bertz CT molecular complexity index is 684. The number of aryl methyl sites for hydroxylation is 1. The topological polar surface area (TPSA) is 49.8 Å². The molecule has 0 saturated carbocycles. The first-order valence-corrected chi connectivity index (χ1v) is 7.42. The van der Waals surface area contributed by atoms with Crippen molar-refractivity contribution in [1.82, 2.24) is 0 Å². The number of hydrogen-bond acceptors (Lipinski definition) is 3. The van der Waals surface area contributed by atoms with Crippen molar-refractivity contribution in [3.63, 3.8) is 0 Å². The number of hydrogen-bond donors (Lipinski definition) is 1. The molecule has 1 heterocycles. The molecule has 2 aromatic carbocycles. The molecule has 3 rings (SSSR count). The second kappa shape index (κ2) is 6.10. The van der Waals surface area contributed by atoms with Crippen molar-refractivity contribution in [3.05, 3.63) is 59.7 Å². The highest BCUT2D eigenvalue weighted by molar-refractivity contribution is 5.82. The summed E-state index contributed by atoms with van der Waals surface area (Å²) >= 11 is 0. The molecule has 1 aliphatic heterocycles. The zero-order valence-electron chi connectivity index (χ0n) is 12.5. The first-order chi connectivity index (χ1) is 10.7. The van der Waals surface area contributed by atoms with Crippen molar-refractivity contribution in [1.29, 1.82) is 0 Å². The molecule has 114 valence electrons. The first-order valence-electron chi connectivity index (χ1n) is 7.42. The second-order valence-corrected chi connectivity index (χ2v) is 5.41. The van der Waals surface area contributed by atoms with Crippen LogP contribution in [0.25, 0.3) is 0 Å². The lowest BCUT2D eigenvalue weighted by atomic mass is 9.96. The van der Waals surface area contributed by atoms with Crippen LogP contribution in [0.2, 0.25) is 0 Å². The van der Waals surface area contributed by atoms with Gasteiger partial charge in [0.1, 0.15) is 5.75 Å². The number of carboxylic acids is 1. The molecule has 1 unspecified atom stereocenters. The molecule has 0 fully saturated rings. The number of aliphatic carboxylic acids is 1. The van der Waals surface area contributed by atoms with Crippen molar-refractivity contribution in [2.75, 3.05) is 18.6 Å². The summed E-state index contributed by atoms with van der Waals surface area (Å²) in [5, 5.41) is 9.83. The summed E-state index contributed by atoms with van der Waals surface area (Å²) in [6.45, 7) is 0.728. The fraction of sp³-hybridized carbons (Fsp3) is 0.278. The van der Waals surface area contributed by atoms with E-state index >= 15 is 0 Å². The van der Waals surface area contributed by atoms with E-state index in [0.717, 1.165) is 25.1 Å². The monoisotopic (exact) mass is 297 g/mol. The van der Waals surface area contributed by atoms with Crippen molar-refractivity contribution in [2.45, 2.75) is 18.9 Å². The third-order valence-electron chi connectivity index (χ3n) is 4.13. The minimum absolute atomic E-state index is 0.609. The van der Waals surface area contributed by atoms with Gasteiger partial charge in [-0.15, -0.1) is 0 Å². The highest BCUT2D eigenvalue weighted by Crippen LogP contribution is 2.37. The minimum atomic E-state index is -0.860. The van der Waals surface area contributed by atoms with Crippen molar-refractivity contribution >= 4 is 11.7 Å². The van der Waals surface area contributed by atoms with Gasteiger partial charge in [-0.1, -0.05) is 36.4 Å². The molecule has 1 N–H and O–H groups in total. The van der Waals surface area contributed by atoms with Crippen LogP contribution in [0.1, 0.15) is 23.6 Å². The highest BCUT2D eigenvalue weighted by atomic mass is 16.5. The van der Waals surface area contributed by atoms with Gasteiger partial charge in [-0.05, 0) is 30.5 Å². The van der Waals surface area contributed by atoms with Crippen LogP contribution in [-0.2, 0) is 11.2 Å². The molecule has 0 aromatic heterocycles. The largest absolute Gasteiger partial charge is 0.496 e. The van der Waals surface area contributed by atoms with Crippen LogP contribution in [0.4, 0.5) is 5.69 Å². The third kappa shape index (κ3) is 2.52. The Morgan fingerprint density at radius 2 is 1.91 bits per heavy atom. The van der Waals surface area contributed by atoms with Crippen LogP contribution in [-0.4, -0.2) is 24.7 Å². The van der Waals surface area contributed by atoms with Crippen LogP contribution >= 0.6 is 0 Å². The van der Waals surface area contributed by atoms with E-state index in [2.05, 4.69) is 6.07 Å². The Hall–Kier alpha value is -2.49. The fourth-order valence-corrected chi connectivity index (χ4v) is 3.16. The summed E-state index contributed by atoms with van der Waals surface area (Å²) < 4.78 is 5.37. The van der Waals surface area contributed by atoms with E-state index in [-0.39, 0.29) is 0 Å². The first kappa shape index (κ1) is 14.4. The zero-order chi connectivity index (χ0) is 15.5. The van der Waals surface area contributed by atoms with E-state index in [1.165, 1.54) is 5.56 Å². The lowest BCUT2D eigenvalue weighted by Gasteiger charge is -2.36. The lowest BCUT2D eigenvalue weighted by molar-refractivity contribution is -0.138. The van der Waals surface area contributed by atoms with Crippen molar-refractivity contribution in [3.8, 4) is 5.75 Å². The van der Waals surface area contributed by atoms with Crippen molar-refractivity contribution < 1.29 is 14.6 Å². The molecule has 1 atom stereocenters. The molecule has 4 heteroatoms. The van der Waals surface area contributed by atoms with E-state index < -0.39 is 12.0 Å². The maximum atomic E-state index is 12.0. The van der Waals surface area contributed by atoms with Crippen LogP contribution < -0.4 is 9.64 Å². The van der Waals surface area contributed by atoms with E-state index in [9.17, 15) is 9.90 Å². The number of methoxy groups -OCH3 is 1. The molecule has 1 aliphatic rings. The Balaban J connectivity index is 2.08. The summed E-state index contributed by atoms with van der Waals surface area (Å²) in [4.78, 5) is 14.0. The van der Waals surface area contributed by atoms with Gasteiger partial charge in [-0.3, -0.25) is 0 Å². The van der Waals surface area contributed by atoms with Crippen LogP contribution in [0.5, 0.6) is 5.75 Å². The fourth-order valence-electron chi connectivity index (χ4n) is 3.16. The average molecular weight is 297 g/mol. The van der Waals surface area contributed by atoms with Gasteiger partial charge in [-0.25, -0.2) is 4.79 Å². The molecule has 0 spiro atoms. The normalized spacial score (nSPS) is 15.0. The maximum absolute atomic E-state index is 12.0. The number of rotatable bonds is 4. The molecule has 2 aromatic rings. The smallest absolute Gasteiger partial charge is 0.331 e. The molecular formula is C18H19NO3. The second-order valence-electron chi connectivity index (χ2n) is 5.41. The van der Waals surface area contributed by atoms with Gasteiger partial charge in [0.2, 0.25) is 0 Å². The number of para-hydroxylation sites is 2. The van der Waals surface area contributed by atoms with E-state index in [1.54, 1.807) is 13.2 Å². The number of nitrogens with zero attached hydrogens (tertiary/aromatic N) is 1. The molecule has 0 radical (unpaired) electrons. The molecule has 0 aliphatic carbocycles. The average Bonchev–Trinajstić information content (AvgIpc) is 2.55. The summed E-state index contributed by atoms with van der Waals surface area (Å²) in [6, 6.07) is 14.6. The van der Waals surface area contributed by atoms with Gasteiger partial charge in [0.15, 0.2) is 6.04 Å². The Morgan fingerprint density at radius 3 is 2.68 bits per heavy atom. The molecule has 0 saturated heterocycles. The van der Waals surface area contributed by atoms with Gasteiger partial charge in [0.25, 0.3) is 0 Å². The Labute approximate surface area is 130 Å². The molecule has 0 amide bonds. The quantitative estimate of drug-likeness (QED) is 0.941. The molecule has 22 heavy (non-hydrogen) atoms. The molecular weight excluding hydrogens is 278 g/mol. The highest BCUT2D eigenvalue weighted by Gasteiger charge is 2.32. The standard InChI is InChI=1S/C18H19NO3/c1-22-16-11-5-3-9-14(16)17(18(20)21)19-12-6-8-13-7-2-4-10-15(13)19/h2-5,7,9-11,17H,6,8,12H2,1H3,(H,20,21). The van der Waals surface area contributed by atoms with Crippen molar-refractivity contribution in [2.24, 2.45) is 0 Å². The molecule has 0 bridgehead atoms.